The van der Waals surface area contributed by atoms with Crippen LogP contribution in [0.25, 0.3) is 5.65 Å². The van der Waals surface area contributed by atoms with Crippen LogP contribution in [0.5, 0.6) is 0 Å². The summed E-state index contributed by atoms with van der Waals surface area (Å²) in [6.45, 7) is 8.36. The summed E-state index contributed by atoms with van der Waals surface area (Å²) >= 11 is 0. The van der Waals surface area contributed by atoms with Crippen molar-refractivity contribution in [1.82, 2.24) is 24.6 Å². The number of anilines is 1. The molecule has 5 heterocycles. The fourth-order valence-corrected chi connectivity index (χ4v) is 6.50. The van der Waals surface area contributed by atoms with E-state index in [4.69, 9.17) is 15.7 Å². The van der Waals surface area contributed by atoms with Gasteiger partial charge in [0.15, 0.2) is 0 Å². The molecule has 33 heavy (non-hydrogen) atoms. The molecule has 3 N–H and O–H groups in total. The molecule has 4 unspecified atom stereocenters. The Kier molecular flexibility index (Phi) is 5.16. The van der Waals surface area contributed by atoms with Gasteiger partial charge in [0.1, 0.15) is 11.5 Å². The van der Waals surface area contributed by atoms with E-state index in [2.05, 4.69) is 69.9 Å². The predicted molar refractivity (Wildman–Crippen MR) is 131 cm³/mol. The van der Waals surface area contributed by atoms with Crippen LogP contribution in [0, 0.1) is 0 Å². The van der Waals surface area contributed by atoms with Crippen molar-refractivity contribution >= 4 is 11.5 Å². The largest absolute Gasteiger partial charge is 0.355 e. The predicted octanol–water partition coefficient (Wildman–Crippen LogP) is 2.90. The van der Waals surface area contributed by atoms with Crippen molar-refractivity contribution < 1.29 is 0 Å². The molecule has 3 aromatic rings. The SMILES string of the molecule is CC1CN(c2cccc3nc(CN4CCCC5(N)CCc6cccnc6C45)cn23)CC(C)N1. The van der Waals surface area contributed by atoms with Crippen LogP contribution >= 0.6 is 0 Å². The molecule has 174 valence electrons. The number of fused-ring (bicyclic) bond motifs is 4. The van der Waals surface area contributed by atoms with E-state index in [-0.39, 0.29) is 11.6 Å². The number of nitrogens with one attached hydrogen (secondary N) is 1. The average Bonchev–Trinajstić information content (AvgIpc) is 3.20. The molecular formula is C26H35N7. The van der Waals surface area contributed by atoms with Crippen molar-refractivity contribution in [1.29, 1.82) is 0 Å². The lowest BCUT2D eigenvalue weighted by atomic mass is 9.71. The van der Waals surface area contributed by atoms with Gasteiger partial charge in [0.25, 0.3) is 0 Å². The van der Waals surface area contributed by atoms with Gasteiger partial charge in [0, 0.05) is 49.7 Å². The smallest absolute Gasteiger partial charge is 0.138 e. The Bertz CT molecular complexity index is 1150. The summed E-state index contributed by atoms with van der Waals surface area (Å²) in [4.78, 5) is 14.9. The Morgan fingerprint density at radius 3 is 2.82 bits per heavy atom. The Labute approximate surface area is 196 Å². The van der Waals surface area contributed by atoms with E-state index in [1.54, 1.807) is 0 Å². The van der Waals surface area contributed by atoms with Gasteiger partial charge < -0.3 is 16.0 Å². The van der Waals surface area contributed by atoms with Crippen LogP contribution in [-0.2, 0) is 13.0 Å². The van der Waals surface area contributed by atoms with E-state index < -0.39 is 0 Å². The molecule has 0 radical (unpaired) electrons. The summed E-state index contributed by atoms with van der Waals surface area (Å²) < 4.78 is 2.27. The molecule has 3 aliphatic rings. The third kappa shape index (κ3) is 3.72. The number of hydrogen-bond acceptors (Lipinski definition) is 6. The quantitative estimate of drug-likeness (QED) is 0.646. The molecule has 6 rings (SSSR count). The molecular weight excluding hydrogens is 410 g/mol. The molecule has 7 heteroatoms. The summed E-state index contributed by atoms with van der Waals surface area (Å²) in [5, 5.41) is 3.63. The molecule has 2 aliphatic heterocycles. The van der Waals surface area contributed by atoms with Gasteiger partial charge >= 0.3 is 0 Å². The van der Waals surface area contributed by atoms with Crippen molar-refractivity contribution in [2.75, 3.05) is 24.5 Å². The van der Waals surface area contributed by atoms with E-state index in [1.165, 1.54) is 17.1 Å². The zero-order valence-corrected chi connectivity index (χ0v) is 19.7. The molecule has 4 atom stereocenters. The molecule has 2 saturated heterocycles. The van der Waals surface area contributed by atoms with Crippen LogP contribution in [0.3, 0.4) is 0 Å². The van der Waals surface area contributed by atoms with Crippen LogP contribution in [0.2, 0.25) is 0 Å². The van der Waals surface area contributed by atoms with Gasteiger partial charge in [-0.1, -0.05) is 12.1 Å². The maximum absolute atomic E-state index is 7.03. The minimum atomic E-state index is -0.197. The Balaban J connectivity index is 1.32. The van der Waals surface area contributed by atoms with E-state index in [0.717, 1.165) is 63.2 Å². The summed E-state index contributed by atoms with van der Waals surface area (Å²) in [7, 11) is 0. The van der Waals surface area contributed by atoms with Gasteiger partial charge in [-0.05, 0) is 69.8 Å². The van der Waals surface area contributed by atoms with Crippen molar-refractivity contribution in [3.05, 3.63) is 59.7 Å². The van der Waals surface area contributed by atoms with Crippen molar-refractivity contribution in [3.8, 4) is 0 Å². The first-order chi connectivity index (χ1) is 16.0. The van der Waals surface area contributed by atoms with E-state index in [0.29, 0.717) is 12.1 Å². The van der Waals surface area contributed by atoms with Crippen LogP contribution in [-0.4, -0.2) is 56.5 Å². The molecule has 0 spiro atoms. The molecule has 0 aromatic carbocycles. The van der Waals surface area contributed by atoms with Gasteiger partial charge in [-0.15, -0.1) is 0 Å². The van der Waals surface area contributed by atoms with Crippen molar-refractivity contribution in [2.24, 2.45) is 5.73 Å². The number of nitrogens with zero attached hydrogens (tertiary/aromatic N) is 5. The molecule has 0 amide bonds. The lowest BCUT2D eigenvalue weighted by molar-refractivity contribution is 0.0462. The van der Waals surface area contributed by atoms with Crippen LogP contribution in [0.15, 0.2) is 42.7 Å². The van der Waals surface area contributed by atoms with Gasteiger partial charge in [0.2, 0.25) is 0 Å². The van der Waals surface area contributed by atoms with E-state index in [9.17, 15) is 0 Å². The monoisotopic (exact) mass is 445 g/mol. The summed E-state index contributed by atoms with van der Waals surface area (Å²) in [5.41, 5.74) is 11.5. The van der Waals surface area contributed by atoms with Crippen LogP contribution in [0.4, 0.5) is 5.82 Å². The fourth-order valence-electron chi connectivity index (χ4n) is 6.50. The number of pyridine rings is 2. The van der Waals surface area contributed by atoms with Crippen LogP contribution in [0.1, 0.15) is 56.1 Å². The lowest BCUT2D eigenvalue weighted by Gasteiger charge is -2.50. The first-order valence-electron chi connectivity index (χ1n) is 12.4. The van der Waals surface area contributed by atoms with Gasteiger partial charge in [0.05, 0.1) is 17.4 Å². The third-order valence-corrected chi connectivity index (χ3v) is 7.81. The zero-order chi connectivity index (χ0) is 22.6. The summed E-state index contributed by atoms with van der Waals surface area (Å²) in [6.07, 6.45) is 8.41. The fraction of sp³-hybridized carbons (Fsp3) is 0.538. The first-order valence-corrected chi connectivity index (χ1v) is 12.4. The third-order valence-electron chi connectivity index (χ3n) is 7.81. The molecule has 1 aliphatic carbocycles. The number of aromatic nitrogens is 3. The molecule has 7 nitrogen and oxygen atoms in total. The number of piperidine rings is 1. The Hall–Kier alpha value is -2.48. The number of likely N-dealkylation sites (tertiary alicyclic amines) is 1. The van der Waals surface area contributed by atoms with Crippen molar-refractivity contribution in [2.45, 2.75) is 69.7 Å². The molecule has 2 fully saturated rings. The van der Waals surface area contributed by atoms with Gasteiger partial charge in [-0.2, -0.15) is 0 Å². The van der Waals surface area contributed by atoms with Gasteiger partial charge in [-0.25, -0.2) is 4.98 Å². The zero-order valence-electron chi connectivity index (χ0n) is 19.7. The standard InChI is InChI=1S/C26H35N7/c1-18-14-32(15-19(2)29-18)23-8-3-7-22-30-21(17-33(22)23)16-31-13-5-10-26(27)11-9-20-6-4-12-28-24(20)25(26)31/h3-4,6-8,12,17-19,25,29H,5,9-11,13-16,27H2,1-2H3. The molecule has 3 aromatic heterocycles. The second-order valence-electron chi connectivity index (χ2n) is 10.5. The highest BCUT2D eigenvalue weighted by molar-refractivity contribution is 5.53. The number of piperazine rings is 1. The second kappa shape index (κ2) is 8.08. The Morgan fingerprint density at radius 2 is 1.97 bits per heavy atom. The highest BCUT2D eigenvalue weighted by Gasteiger charge is 2.46. The molecule has 0 saturated carbocycles. The maximum atomic E-state index is 7.03. The normalized spacial score (nSPS) is 30.3. The second-order valence-corrected chi connectivity index (χ2v) is 10.5. The number of aryl methyl sites for hydroxylation is 1. The highest BCUT2D eigenvalue weighted by Crippen LogP contribution is 2.44. The summed E-state index contributed by atoms with van der Waals surface area (Å²) in [6, 6.07) is 11.8. The lowest BCUT2D eigenvalue weighted by Crippen LogP contribution is -2.58. The average molecular weight is 446 g/mol. The minimum Gasteiger partial charge on any atom is -0.355 e. The van der Waals surface area contributed by atoms with Crippen molar-refractivity contribution in [3.63, 3.8) is 0 Å². The maximum Gasteiger partial charge on any atom is 0.138 e. The van der Waals surface area contributed by atoms with E-state index in [1.807, 2.05) is 6.20 Å². The number of hydrogen-bond donors (Lipinski definition) is 2. The van der Waals surface area contributed by atoms with E-state index >= 15 is 0 Å². The number of imidazole rings is 1. The van der Waals surface area contributed by atoms with Crippen LogP contribution < -0.4 is 16.0 Å². The minimum absolute atomic E-state index is 0.162. The molecule has 0 bridgehead atoms. The number of rotatable bonds is 3. The van der Waals surface area contributed by atoms with Gasteiger partial charge in [-0.3, -0.25) is 14.3 Å². The summed E-state index contributed by atoms with van der Waals surface area (Å²) in [5.74, 6) is 1.22. The number of nitrogens with two attached hydrogens (primary N) is 1. The highest BCUT2D eigenvalue weighted by atomic mass is 15.3. The first kappa shape index (κ1) is 21.1. The Morgan fingerprint density at radius 1 is 1.12 bits per heavy atom. The topological polar surface area (TPSA) is 74.7 Å².